The van der Waals surface area contributed by atoms with Crippen LogP contribution in [0, 0.1) is 0 Å². The van der Waals surface area contributed by atoms with Crippen molar-refractivity contribution in [1.29, 1.82) is 0 Å². The van der Waals surface area contributed by atoms with Gasteiger partial charge < -0.3 is 10.6 Å². The lowest BCUT2D eigenvalue weighted by Crippen LogP contribution is -2.33. The summed E-state index contributed by atoms with van der Waals surface area (Å²) in [6.45, 7) is 4.42. The van der Waals surface area contributed by atoms with Crippen molar-refractivity contribution in [1.82, 2.24) is 9.62 Å². The first kappa shape index (κ1) is 16.1. The van der Waals surface area contributed by atoms with Crippen LogP contribution in [0.5, 0.6) is 0 Å². The molecule has 19 heavy (non-hydrogen) atoms. The first-order valence-corrected chi connectivity index (χ1v) is 8.06. The van der Waals surface area contributed by atoms with Crippen molar-refractivity contribution < 1.29 is 8.42 Å². The molecule has 0 amide bonds. The number of hydrogen-bond acceptors (Lipinski definition) is 4. The van der Waals surface area contributed by atoms with Gasteiger partial charge >= 0.3 is 0 Å². The van der Waals surface area contributed by atoms with E-state index in [1.807, 2.05) is 32.2 Å². The van der Waals surface area contributed by atoms with Crippen molar-refractivity contribution in [3.63, 3.8) is 0 Å². The Morgan fingerprint density at radius 2 is 1.89 bits per heavy atom. The molecule has 108 valence electrons. The van der Waals surface area contributed by atoms with Crippen molar-refractivity contribution in [3.05, 3.63) is 35.4 Å². The summed E-state index contributed by atoms with van der Waals surface area (Å²) in [5.41, 5.74) is 7.24. The van der Waals surface area contributed by atoms with E-state index in [1.54, 1.807) is 6.07 Å². The van der Waals surface area contributed by atoms with Crippen molar-refractivity contribution in [2.75, 3.05) is 26.7 Å². The Labute approximate surface area is 115 Å². The second-order valence-corrected chi connectivity index (χ2v) is 6.33. The summed E-state index contributed by atoms with van der Waals surface area (Å²) in [4.78, 5) is 2.05. The molecule has 1 aromatic rings. The van der Waals surface area contributed by atoms with E-state index in [2.05, 4.69) is 9.62 Å². The fourth-order valence-electron chi connectivity index (χ4n) is 1.70. The molecule has 0 heterocycles. The zero-order chi connectivity index (χ0) is 14.3. The molecule has 0 aliphatic carbocycles. The van der Waals surface area contributed by atoms with Crippen LogP contribution in [0.1, 0.15) is 18.1 Å². The van der Waals surface area contributed by atoms with Gasteiger partial charge in [0, 0.05) is 19.6 Å². The van der Waals surface area contributed by atoms with E-state index >= 15 is 0 Å². The second kappa shape index (κ2) is 7.59. The van der Waals surface area contributed by atoms with Gasteiger partial charge in [0.1, 0.15) is 0 Å². The Kier molecular flexibility index (Phi) is 6.44. The molecular weight excluding hydrogens is 262 g/mol. The van der Waals surface area contributed by atoms with Gasteiger partial charge in [-0.15, -0.1) is 0 Å². The van der Waals surface area contributed by atoms with Gasteiger partial charge in [-0.1, -0.05) is 31.2 Å². The van der Waals surface area contributed by atoms with Crippen molar-refractivity contribution in [2.24, 2.45) is 5.73 Å². The highest BCUT2D eigenvalue weighted by molar-refractivity contribution is 7.88. The number of hydrogen-bond donors (Lipinski definition) is 2. The third-order valence-corrected chi connectivity index (χ3v) is 4.37. The zero-order valence-electron chi connectivity index (χ0n) is 11.6. The van der Waals surface area contributed by atoms with E-state index in [0.717, 1.165) is 17.7 Å². The maximum Gasteiger partial charge on any atom is 0.215 e. The van der Waals surface area contributed by atoms with Crippen LogP contribution >= 0.6 is 0 Å². The Morgan fingerprint density at radius 3 is 2.47 bits per heavy atom. The molecular formula is C13H23N3O2S. The van der Waals surface area contributed by atoms with Gasteiger partial charge in [0.25, 0.3) is 0 Å². The summed E-state index contributed by atoms with van der Waals surface area (Å²) in [7, 11) is -1.35. The van der Waals surface area contributed by atoms with Crippen molar-refractivity contribution in [2.45, 2.75) is 19.2 Å². The standard InChI is InChI=1S/C13H23N3O2S/c1-3-16(2)9-8-15-19(17,18)11-13-7-5-4-6-12(13)10-14/h4-7,15H,3,8-11,14H2,1-2H3. The number of rotatable bonds is 8. The second-order valence-electron chi connectivity index (χ2n) is 4.52. The lowest BCUT2D eigenvalue weighted by molar-refractivity contribution is 0.358. The van der Waals surface area contributed by atoms with Crippen molar-refractivity contribution in [3.8, 4) is 0 Å². The molecule has 0 aromatic heterocycles. The van der Waals surface area contributed by atoms with Crippen LogP contribution in [0.4, 0.5) is 0 Å². The Morgan fingerprint density at radius 1 is 1.26 bits per heavy atom. The quantitative estimate of drug-likeness (QED) is 0.730. The first-order chi connectivity index (χ1) is 8.98. The maximum absolute atomic E-state index is 12.0. The molecule has 0 unspecified atom stereocenters. The molecule has 5 nitrogen and oxygen atoms in total. The molecule has 0 fully saturated rings. The summed E-state index contributed by atoms with van der Waals surface area (Å²) < 4.78 is 26.5. The number of sulfonamides is 1. The van der Waals surface area contributed by atoms with E-state index in [-0.39, 0.29) is 5.75 Å². The van der Waals surface area contributed by atoms with E-state index in [4.69, 9.17) is 5.73 Å². The van der Waals surface area contributed by atoms with Gasteiger partial charge in [-0.2, -0.15) is 0 Å². The molecule has 0 saturated carbocycles. The molecule has 0 atom stereocenters. The van der Waals surface area contributed by atoms with Gasteiger partial charge in [-0.25, -0.2) is 13.1 Å². The normalized spacial score (nSPS) is 12.0. The number of benzene rings is 1. The van der Waals surface area contributed by atoms with Crippen LogP contribution in [0.25, 0.3) is 0 Å². The van der Waals surface area contributed by atoms with Gasteiger partial charge in [-0.05, 0) is 24.7 Å². The third kappa shape index (κ3) is 5.69. The average molecular weight is 285 g/mol. The molecule has 0 saturated heterocycles. The minimum atomic E-state index is -3.30. The number of likely N-dealkylation sites (N-methyl/N-ethyl adjacent to an activating group) is 1. The highest BCUT2D eigenvalue weighted by Gasteiger charge is 2.13. The number of nitrogens with zero attached hydrogens (tertiary/aromatic N) is 1. The van der Waals surface area contributed by atoms with Gasteiger partial charge in [0.15, 0.2) is 0 Å². The summed E-state index contributed by atoms with van der Waals surface area (Å²) >= 11 is 0. The van der Waals surface area contributed by atoms with Gasteiger partial charge in [0.2, 0.25) is 10.0 Å². The summed E-state index contributed by atoms with van der Waals surface area (Å²) in [5.74, 6) is -0.0176. The minimum Gasteiger partial charge on any atom is -0.326 e. The fraction of sp³-hybridized carbons (Fsp3) is 0.538. The largest absolute Gasteiger partial charge is 0.326 e. The van der Waals surface area contributed by atoms with Crippen LogP contribution < -0.4 is 10.5 Å². The molecule has 0 radical (unpaired) electrons. The first-order valence-electron chi connectivity index (χ1n) is 6.41. The van der Waals surface area contributed by atoms with E-state index in [1.165, 1.54) is 0 Å². The van der Waals surface area contributed by atoms with Crippen LogP contribution in [-0.4, -0.2) is 40.0 Å². The van der Waals surface area contributed by atoms with Crippen LogP contribution in [0.2, 0.25) is 0 Å². The topological polar surface area (TPSA) is 75.4 Å². The summed E-state index contributed by atoms with van der Waals surface area (Å²) in [6.07, 6.45) is 0. The van der Waals surface area contributed by atoms with Crippen LogP contribution in [0.15, 0.2) is 24.3 Å². The lowest BCUT2D eigenvalue weighted by Gasteiger charge is -2.14. The lowest BCUT2D eigenvalue weighted by atomic mass is 10.1. The third-order valence-electron chi connectivity index (χ3n) is 3.04. The fourth-order valence-corrected chi connectivity index (χ4v) is 2.90. The Balaban J connectivity index is 2.59. The van der Waals surface area contributed by atoms with E-state index in [0.29, 0.717) is 19.6 Å². The molecule has 0 aliphatic rings. The van der Waals surface area contributed by atoms with Gasteiger partial charge in [-0.3, -0.25) is 0 Å². The number of nitrogens with two attached hydrogens (primary N) is 1. The van der Waals surface area contributed by atoms with E-state index in [9.17, 15) is 8.42 Å². The zero-order valence-corrected chi connectivity index (χ0v) is 12.4. The molecule has 0 bridgehead atoms. The van der Waals surface area contributed by atoms with E-state index < -0.39 is 10.0 Å². The van der Waals surface area contributed by atoms with Crippen LogP contribution in [0.3, 0.4) is 0 Å². The smallest absolute Gasteiger partial charge is 0.215 e. The number of nitrogens with one attached hydrogen (secondary N) is 1. The molecule has 6 heteroatoms. The Hall–Kier alpha value is -0.950. The SMILES string of the molecule is CCN(C)CCNS(=O)(=O)Cc1ccccc1CN. The van der Waals surface area contributed by atoms with Gasteiger partial charge in [0.05, 0.1) is 5.75 Å². The molecule has 0 spiro atoms. The van der Waals surface area contributed by atoms with Crippen LogP contribution in [-0.2, 0) is 22.3 Å². The monoisotopic (exact) mass is 285 g/mol. The molecule has 1 aromatic carbocycles. The van der Waals surface area contributed by atoms with Crippen molar-refractivity contribution >= 4 is 10.0 Å². The highest BCUT2D eigenvalue weighted by Crippen LogP contribution is 2.11. The summed E-state index contributed by atoms with van der Waals surface area (Å²) in [5, 5.41) is 0. The highest BCUT2D eigenvalue weighted by atomic mass is 32.2. The minimum absolute atomic E-state index is 0.0176. The molecule has 1 rings (SSSR count). The average Bonchev–Trinajstić information content (AvgIpc) is 2.38. The Bertz CT molecular complexity index is 488. The molecule has 3 N–H and O–H groups in total. The predicted octanol–water partition coefficient (Wildman–Crippen LogP) is 0.516. The summed E-state index contributed by atoms with van der Waals surface area (Å²) in [6, 6.07) is 7.35. The predicted molar refractivity (Wildman–Crippen MR) is 78.1 cm³/mol. The molecule has 0 aliphatic heterocycles. The maximum atomic E-state index is 12.0.